The highest BCUT2D eigenvalue weighted by molar-refractivity contribution is 6.28. The number of carbonyl (C=O) groups is 2. The number of nitrogens with zero attached hydrogens (tertiary/aromatic N) is 3. The number of non-ortho nitro benzene ring substituents is 1. The number of hydroxylamine groups is 1. The number of hydrogen-bond donors (Lipinski definition) is 0. The molecule has 4 aromatic carbocycles. The zero-order chi connectivity index (χ0) is 25.6. The number of anilines is 2. The Morgan fingerprint density at radius 1 is 0.757 bits per heavy atom. The van der Waals surface area contributed by atoms with Gasteiger partial charge in [0, 0.05) is 12.1 Å². The van der Waals surface area contributed by atoms with Gasteiger partial charge in [0.2, 0.25) is 5.91 Å². The van der Waals surface area contributed by atoms with Crippen molar-refractivity contribution in [1.82, 2.24) is 0 Å². The maximum absolute atomic E-state index is 14.6. The van der Waals surface area contributed by atoms with Crippen molar-refractivity contribution >= 4 is 28.9 Å². The molecule has 0 aromatic heterocycles. The van der Waals surface area contributed by atoms with Gasteiger partial charge in [0.05, 0.1) is 16.3 Å². The average molecular weight is 492 g/mol. The molecule has 4 aromatic rings. The molecule has 2 aliphatic rings. The summed E-state index contributed by atoms with van der Waals surface area (Å²) in [5.41, 5.74) is 0.591. The molecule has 2 fully saturated rings. The molecule has 2 saturated heterocycles. The zero-order valence-corrected chi connectivity index (χ0v) is 19.5. The van der Waals surface area contributed by atoms with E-state index in [1.807, 2.05) is 91.0 Å². The number of benzene rings is 4. The Balaban J connectivity index is 1.60. The van der Waals surface area contributed by atoms with Gasteiger partial charge >= 0.3 is 0 Å². The number of fused-ring (bicyclic) bond motifs is 1. The van der Waals surface area contributed by atoms with Gasteiger partial charge in [-0.3, -0.25) is 24.5 Å². The summed E-state index contributed by atoms with van der Waals surface area (Å²) in [6.45, 7) is 0. The van der Waals surface area contributed by atoms with Crippen LogP contribution in [-0.4, -0.2) is 22.8 Å². The second kappa shape index (κ2) is 8.69. The molecule has 0 N–H and O–H groups in total. The van der Waals surface area contributed by atoms with Crippen molar-refractivity contribution in [2.45, 2.75) is 17.6 Å². The summed E-state index contributed by atoms with van der Waals surface area (Å²) in [4.78, 5) is 46.9. The van der Waals surface area contributed by atoms with Gasteiger partial charge in [-0.1, -0.05) is 84.9 Å². The Hall–Kier alpha value is -4.82. The molecule has 8 nitrogen and oxygen atoms in total. The van der Waals surface area contributed by atoms with E-state index in [2.05, 4.69) is 0 Å². The van der Waals surface area contributed by atoms with E-state index < -0.39 is 34.3 Å². The van der Waals surface area contributed by atoms with Crippen molar-refractivity contribution in [3.05, 3.63) is 137 Å². The van der Waals surface area contributed by atoms with Gasteiger partial charge in [0.1, 0.15) is 11.5 Å². The Labute approximate surface area is 212 Å². The molecule has 0 aliphatic carbocycles. The lowest BCUT2D eigenvalue weighted by Crippen LogP contribution is -2.46. The molecule has 0 spiro atoms. The molecule has 0 bridgehead atoms. The fraction of sp³-hybridized carbons (Fsp3) is 0.103. The number of amides is 2. The number of nitro benzene ring substituents is 1. The van der Waals surface area contributed by atoms with Crippen molar-refractivity contribution in [1.29, 1.82) is 0 Å². The third kappa shape index (κ3) is 3.34. The molecule has 37 heavy (non-hydrogen) atoms. The lowest BCUT2D eigenvalue weighted by molar-refractivity contribution is -0.384. The molecule has 8 heteroatoms. The van der Waals surface area contributed by atoms with Crippen LogP contribution in [0.4, 0.5) is 17.1 Å². The summed E-state index contributed by atoms with van der Waals surface area (Å²) in [7, 11) is 0. The van der Waals surface area contributed by atoms with Crippen LogP contribution in [0, 0.1) is 10.1 Å². The molecule has 0 saturated carbocycles. The zero-order valence-electron chi connectivity index (χ0n) is 19.5. The summed E-state index contributed by atoms with van der Waals surface area (Å²) in [6, 6.07) is 32.8. The number of para-hydroxylation sites is 1. The molecule has 3 atom stereocenters. The summed E-state index contributed by atoms with van der Waals surface area (Å²) in [5.74, 6) is -1.07. The molecule has 6 rings (SSSR count). The molecular formula is C29H21N3O5. The molecular weight excluding hydrogens is 470 g/mol. The van der Waals surface area contributed by atoms with E-state index >= 15 is 0 Å². The number of imide groups is 1. The number of nitro groups is 1. The maximum atomic E-state index is 14.6. The van der Waals surface area contributed by atoms with Gasteiger partial charge in [-0.15, -0.1) is 0 Å². The Morgan fingerprint density at radius 2 is 1.35 bits per heavy atom. The maximum Gasteiger partial charge on any atom is 0.271 e. The van der Waals surface area contributed by atoms with Gasteiger partial charge in [-0.25, -0.2) is 9.96 Å². The summed E-state index contributed by atoms with van der Waals surface area (Å²) in [6.07, 6.45) is -1.19. The number of rotatable bonds is 5. The lowest BCUT2D eigenvalue weighted by Gasteiger charge is -2.35. The second-order valence-corrected chi connectivity index (χ2v) is 8.95. The minimum atomic E-state index is -1.44. The molecule has 2 amide bonds. The Morgan fingerprint density at radius 3 is 2.00 bits per heavy atom. The summed E-state index contributed by atoms with van der Waals surface area (Å²) < 4.78 is 0. The first-order valence-corrected chi connectivity index (χ1v) is 11.8. The van der Waals surface area contributed by atoms with Crippen LogP contribution >= 0.6 is 0 Å². The average Bonchev–Trinajstić information content (AvgIpc) is 3.41. The van der Waals surface area contributed by atoms with Crippen LogP contribution in [0.15, 0.2) is 115 Å². The Bertz CT molecular complexity index is 1500. The van der Waals surface area contributed by atoms with Gasteiger partial charge in [-0.2, -0.15) is 0 Å². The lowest BCUT2D eigenvalue weighted by atomic mass is 9.69. The fourth-order valence-corrected chi connectivity index (χ4v) is 5.41. The van der Waals surface area contributed by atoms with Crippen LogP contribution in [-0.2, 0) is 19.8 Å². The molecule has 0 unspecified atom stereocenters. The van der Waals surface area contributed by atoms with Crippen LogP contribution in [0.25, 0.3) is 0 Å². The molecule has 182 valence electrons. The minimum Gasteiger partial charge on any atom is -0.273 e. The second-order valence-electron chi connectivity index (χ2n) is 8.95. The van der Waals surface area contributed by atoms with Crippen molar-refractivity contribution in [3.63, 3.8) is 0 Å². The monoisotopic (exact) mass is 491 g/mol. The standard InChI is InChI=1S/C29H21N3O5/c33-27-26-29(21-13-6-2-7-14-21,28(34)30(27)23-17-10-18-24(19-23)32(35)36)25(20-11-4-1-5-12-20)31(37-26)22-15-8-3-9-16-22/h1-19,25-26H/t25-,26+,29-/m1/s1. The third-order valence-electron chi connectivity index (χ3n) is 6.98. The quantitative estimate of drug-likeness (QED) is 0.222. The van der Waals surface area contributed by atoms with Crippen molar-refractivity contribution in [2.75, 3.05) is 9.96 Å². The van der Waals surface area contributed by atoms with Crippen molar-refractivity contribution in [2.24, 2.45) is 0 Å². The first-order chi connectivity index (χ1) is 18.0. The normalized spacial score (nSPS) is 22.8. The highest BCUT2D eigenvalue weighted by atomic mass is 16.7. The van der Waals surface area contributed by atoms with Crippen LogP contribution in [0.5, 0.6) is 0 Å². The number of carbonyl (C=O) groups excluding carboxylic acids is 2. The first kappa shape index (κ1) is 22.6. The summed E-state index contributed by atoms with van der Waals surface area (Å²) >= 11 is 0. The van der Waals surface area contributed by atoms with Crippen LogP contribution < -0.4 is 9.96 Å². The molecule has 0 radical (unpaired) electrons. The SMILES string of the molecule is O=C1[C@@H]2ON(c3ccccc3)[C@H](c3ccccc3)[C@@]2(c2ccccc2)C(=O)N1c1cccc([N+](=O)[O-])c1. The van der Waals surface area contributed by atoms with Gasteiger partial charge in [0.25, 0.3) is 11.6 Å². The van der Waals surface area contributed by atoms with Crippen LogP contribution in [0.1, 0.15) is 17.2 Å². The van der Waals surface area contributed by atoms with Crippen molar-refractivity contribution < 1.29 is 19.3 Å². The highest BCUT2D eigenvalue weighted by Gasteiger charge is 2.72. The van der Waals surface area contributed by atoms with E-state index in [4.69, 9.17) is 4.84 Å². The van der Waals surface area contributed by atoms with E-state index in [9.17, 15) is 19.7 Å². The van der Waals surface area contributed by atoms with E-state index in [-0.39, 0.29) is 11.4 Å². The van der Waals surface area contributed by atoms with E-state index in [0.717, 1.165) is 10.5 Å². The highest BCUT2D eigenvalue weighted by Crippen LogP contribution is 2.57. The minimum absolute atomic E-state index is 0.135. The number of hydrogen-bond acceptors (Lipinski definition) is 6. The van der Waals surface area contributed by atoms with Gasteiger partial charge in [0.15, 0.2) is 6.10 Å². The van der Waals surface area contributed by atoms with E-state index in [0.29, 0.717) is 11.3 Å². The van der Waals surface area contributed by atoms with Crippen LogP contribution in [0.2, 0.25) is 0 Å². The first-order valence-electron chi connectivity index (χ1n) is 11.8. The Kier molecular flexibility index (Phi) is 5.31. The van der Waals surface area contributed by atoms with Crippen molar-refractivity contribution in [3.8, 4) is 0 Å². The van der Waals surface area contributed by atoms with Gasteiger partial charge in [-0.05, 0) is 29.3 Å². The predicted molar refractivity (Wildman–Crippen MR) is 137 cm³/mol. The molecule has 2 aliphatic heterocycles. The predicted octanol–water partition coefficient (Wildman–Crippen LogP) is 4.97. The largest absolute Gasteiger partial charge is 0.273 e. The van der Waals surface area contributed by atoms with Gasteiger partial charge < -0.3 is 0 Å². The van der Waals surface area contributed by atoms with E-state index in [1.54, 1.807) is 5.06 Å². The third-order valence-corrected chi connectivity index (χ3v) is 6.98. The fourth-order valence-electron chi connectivity index (χ4n) is 5.41. The topological polar surface area (TPSA) is 93.0 Å². The van der Waals surface area contributed by atoms with Crippen LogP contribution in [0.3, 0.4) is 0 Å². The molecule has 2 heterocycles. The van der Waals surface area contributed by atoms with E-state index in [1.165, 1.54) is 24.3 Å². The summed E-state index contributed by atoms with van der Waals surface area (Å²) in [5, 5.41) is 13.1. The smallest absolute Gasteiger partial charge is 0.271 e.